The Labute approximate surface area is 146 Å². The molecule has 5 heteroatoms. The Balaban J connectivity index is 1.55. The smallest absolute Gasteiger partial charge is 0.318 e. The lowest BCUT2D eigenvalue weighted by atomic mass is 9.93. The maximum atomic E-state index is 12.8. The zero-order valence-corrected chi connectivity index (χ0v) is 14.4. The number of rotatable bonds is 3. The molecule has 0 spiro atoms. The fraction of sp³-hybridized carbons (Fsp3) is 0.421. The van der Waals surface area contributed by atoms with Crippen molar-refractivity contribution in [2.75, 3.05) is 19.7 Å². The van der Waals surface area contributed by atoms with E-state index in [4.69, 9.17) is 4.74 Å². The number of nitrogens with zero attached hydrogens (tertiary/aromatic N) is 1. The molecule has 2 atom stereocenters. The third-order valence-corrected chi connectivity index (χ3v) is 5.84. The quantitative estimate of drug-likeness (QED) is 0.926. The minimum absolute atomic E-state index is 0.00527. The van der Waals surface area contributed by atoms with Gasteiger partial charge in [0.25, 0.3) is 0 Å². The van der Waals surface area contributed by atoms with Crippen LogP contribution in [0.3, 0.4) is 0 Å². The summed E-state index contributed by atoms with van der Waals surface area (Å²) in [7, 11) is 0. The lowest BCUT2D eigenvalue weighted by Crippen LogP contribution is -2.47. The second kappa shape index (κ2) is 6.95. The summed E-state index contributed by atoms with van der Waals surface area (Å²) in [5.74, 6) is 0. The number of urea groups is 1. The molecule has 24 heavy (non-hydrogen) atoms. The van der Waals surface area contributed by atoms with Crippen molar-refractivity contribution in [1.29, 1.82) is 0 Å². The predicted molar refractivity (Wildman–Crippen MR) is 95.4 cm³/mol. The monoisotopic (exact) mass is 342 g/mol. The molecule has 1 N–H and O–H groups in total. The number of benzene rings is 1. The number of fused-ring (bicyclic) bond motifs is 1. The Morgan fingerprint density at radius 3 is 2.96 bits per heavy atom. The molecule has 2 aliphatic heterocycles. The first-order chi connectivity index (χ1) is 11.8. The molecule has 0 saturated carbocycles. The summed E-state index contributed by atoms with van der Waals surface area (Å²) in [6, 6.07) is 12.5. The fourth-order valence-electron chi connectivity index (χ4n) is 3.64. The van der Waals surface area contributed by atoms with Crippen molar-refractivity contribution in [2.45, 2.75) is 31.4 Å². The zero-order valence-electron chi connectivity index (χ0n) is 13.6. The largest absolute Gasteiger partial charge is 0.376 e. The Hall–Kier alpha value is -1.85. The molecule has 0 bridgehead atoms. The van der Waals surface area contributed by atoms with Crippen LogP contribution in [0, 0.1) is 0 Å². The van der Waals surface area contributed by atoms with Crippen molar-refractivity contribution in [1.82, 2.24) is 10.2 Å². The van der Waals surface area contributed by atoms with Gasteiger partial charge in [0.15, 0.2) is 0 Å². The number of carbonyl (C=O) groups excluding carboxylic acids is 1. The maximum absolute atomic E-state index is 12.8. The first-order valence-electron chi connectivity index (χ1n) is 8.60. The predicted octanol–water partition coefficient (Wildman–Crippen LogP) is 3.58. The third-order valence-electron chi connectivity index (χ3n) is 4.85. The van der Waals surface area contributed by atoms with Gasteiger partial charge in [-0.1, -0.05) is 30.3 Å². The van der Waals surface area contributed by atoms with E-state index < -0.39 is 0 Å². The van der Waals surface area contributed by atoms with Gasteiger partial charge in [0.1, 0.15) is 0 Å². The normalized spacial score (nSPS) is 23.1. The van der Waals surface area contributed by atoms with E-state index in [-0.39, 0.29) is 18.2 Å². The summed E-state index contributed by atoms with van der Waals surface area (Å²) in [6.45, 7) is 2.17. The summed E-state index contributed by atoms with van der Waals surface area (Å²) < 4.78 is 5.61. The molecule has 1 fully saturated rings. The Morgan fingerprint density at radius 2 is 2.17 bits per heavy atom. The molecule has 2 amide bonds. The van der Waals surface area contributed by atoms with Crippen molar-refractivity contribution < 1.29 is 9.53 Å². The van der Waals surface area contributed by atoms with Gasteiger partial charge < -0.3 is 15.0 Å². The molecule has 3 heterocycles. The van der Waals surface area contributed by atoms with E-state index in [1.807, 2.05) is 23.1 Å². The van der Waals surface area contributed by atoms with E-state index in [9.17, 15) is 4.79 Å². The molecule has 2 aliphatic rings. The Morgan fingerprint density at radius 1 is 1.29 bits per heavy atom. The molecule has 4 rings (SSSR count). The second-order valence-corrected chi connectivity index (χ2v) is 7.38. The summed E-state index contributed by atoms with van der Waals surface area (Å²) >= 11 is 1.79. The average Bonchev–Trinajstić information content (AvgIpc) is 3.30. The molecule has 1 saturated heterocycles. The summed E-state index contributed by atoms with van der Waals surface area (Å²) in [4.78, 5) is 16.2. The highest BCUT2D eigenvalue weighted by atomic mass is 32.1. The summed E-state index contributed by atoms with van der Waals surface area (Å²) in [5, 5.41) is 5.22. The molecular weight excluding hydrogens is 320 g/mol. The van der Waals surface area contributed by atoms with Crippen molar-refractivity contribution in [3.05, 3.63) is 57.8 Å². The number of amides is 2. The SMILES string of the molecule is O=C(NC[C@@H]1CCCO1)N1CCc2sccc2[C@H]1c1ccccc1. The van der Waals surface area contributed by atoms with Crippen LogP contribution in [-0.2, 0) is 11.2 Å². The third kappa shape index (κ3) is 3.06. The number of carbonyl (C=O) groups is 1. The standard InChI is InChI=1S/C19H22N2O2S/c22-19(20-13-15-7-4-11-23-15)21-10-8-17-16(9-12-24-17)18(21)14-5-2-1-3-6-14/h1-3,5-6,9,12,15,18H,4,7-8,10-11,13H2,(H,20,22)/t15-,18+/m0/s1. The van der Waals surface area contributed by atoms with Crippen molar-refractivity contribution in [3.8, 4) is 0 Å². The minimum Gasteiger partial charge on any atom is -0.376 e. The van der Waals surface area contributed by atoms with Gasteiger partial charge in [-0.25, -0.2) is 4.79 Å². The average molecular weight is 342 g/mol. The van der Waals surface area contributed by atoms with E-state index in [1.165, 1.54) is 16.0 Å². The van der Waals surface area contributed by atoms with Crippen LogP contribution < -0.4 is 5.32 Å². The van der Waals surface area contributed by atoms with Crippen LogP contribution in [0.2, 0.25) is 0 Å². The van der Waals surface area contributed by atoms with Gasteiger partial charge >= 0.3 is 6.03 Å². The highest BCUT2D eigenvalue weighted by Gasteiger charge is 2.33. The number of ether oxygens (including phenoxy) is 1. The van der Waals surface area contributed by atoms with Gasteiger partial charge in [-0.05, 0) is 41.8 Å². The Bertz CT molecular complexity index is 694. The topological polar surface area (TPSA) is 41.6 Å². The van der Waals surface area contributed by atoms with E-state index >= 15 is 0 Å². The molecule has 0 radical (unpaired) electrons. The van der Waals surface area contributed by atoms with Crippen LogP contribution in [-0.4, -0.2) is 36.7 Å². The van der Waals surface area contributed by atoms with Crippen molar-refractivity contribution >= 4 is 17.4 Å². The lowest BCUT2D eigenvalue weighted by Gasteiger charge is -2.36. The lowest BCUT2D eigenvalue weighted by molar-refractivity contribution is 0.107. The van der Waals surface area contributed by atoms with Crippen LogP contribution in [0.5, 0.6) is 0 Å². The van der Waals surface area contributed by atoms with Gasteiger partial charge in [-0.15, -0.1) is 11.3 Å². The van der Waals surface area contributed by atoms with Crippen molar-refractivity contribution in [2.24, 2.45) is 0 Å². The van der Waals surface area contributed by atoms with E-state index in [0.29, 0.717) is 6.54 Å². The molecule has 0 unspecified atom stereocenters. The molecule has 2 aromatic rings. The molecule has 126 valence electrons. The number of nitrogens with one attached hydrogen (secondary N) is 1. The molecule has 4 nitrogen and oxygen atoms in total. The highest BCUT2D eigenvalue weighted by Crippen LogP contribution is 2.37. The van der Waals surface area contributed by atoms with Crippen molar-refractivity contribution in [3.63, 3.8) is 0 Å². The minimum atomic E-state index is 0.00527. The Kier molecular flexibility index (Phi) is 4.54. The zero-order chi connectivity index (χ0) is 16.4. The number of hydrogen-bond donors (Lipinski definition) is 1. The van der Waals surface area contributed by atoms with Crippen LogP contribution >= 0.6 is 11.3 Å². The highest BCUT2D eigenvalue weighted by molar-refractivity contribution is 7.10. The molecule has 0 aliphatic carbocycles. The fourth-order valence-corrected chi connectivity index (χ4v) is 4.54. The van der Waals surface area contributed by atoms with Gasteiger partial charge in [-0.3, -0.25) is 0 Å². The molecule has 1 aromatic carbocycles. The van der Waals surface area contributed by atoms with Crippen LogP contribution in [0.4, 0.5) is 4.79 Å². The van der Waals surface area contributed by atoms with Gasteiger partial charge in [0.05, 0.1) is 12.1 Å². The van der Waals surface area contributed by atoms with Gasteiger partial charge in [0, 0.05) is 24.6 Å². The molecular formula is C19H22N2O2S. The summed E-state index contributed by atoms with van der Waals surface area (Å²) in [6.07, 6.45) is 3.24. The van der Waals surface area contributed by atoms with Crippen LogP contribution in [0.1, 0.15) is 34.9 Å². The second-order valence-electron chi connectivity index (χ2n) is 6.38. The molecule has 1 aromatic heterocycles. The summed E-state index contributed by atoms with van der Waals surface area (Å²) in [5.41, 5.74) is 2.44. The first-order valence-corrected chi connectivity index (χ1v) is 9.48. The number of hydrogen-bond acceptors (Lipinski definition) is 3. The van der Waals surface area contributed by atoms with E-state index in [0.717, 1.165) is 32.4 Å². The van der Waals surface area contributed by atoms with Gasteiger partial charge in [-0.2, -0.15) is 0 Å². The van der Waals surface area contributed by atoms with Crippen LogP contribution in [0.15, 0.2) is 41.8 Å². The van der Waals surface area contributed by atoms with E-state index in [1.54, 1.807) is 11.3 Å². The van der Waals surface area contributed by atoms with Crippen LogP contribution in [0.25, 0.3) is 0 Å². The number of thiophene rings is 1. The van der Waals surface area contributed by atoms with E-state index in [2.05, 4.69) is 28.9 Å². The first kappa shape index (κ1) is 15.7. The maximum Gasteiger partial charge on any atom is 0.318 e. The van der Waals surface area contributed by atoms with Gasteiger partial charge in [0.2, 0.25) is 0 Å².